The molecule has 0 radical (unpaired) electrons. The summed E-state index contributed by atoms with van der Waals surface area (Å²) in [6, 6.07) is 11.7. The quantitative estimate of drug-likeness (QED) is 0.502. The van der Waals surface area contributed by atoms with Crippen LogP contribution in [0.3, 0.4) is 0 Å². The molecule has 2 atom stereocenters. The van der Waals surface area contributed by atoms with E-state index in [2.05, 4.69) is 17.6 Å². The van der Waals surface area contributed by atoms with E-state index < -0.39 is 23.8 Å². The van der Waals surface area contributed by atoms with Crippen LogP contribution < -0.4 is 10.6 Å². The molecule has 2 rings (SSSR count). The van der Waals surface area contributed by atoms with Crippen molar-refractivity contribution in [3.63, 3.8) is 0 Å². The molecular weight excluding hydrogens is 454 g/mol. The summed E-state index contributed by atoms with van der Waals surface area (Å²) in [5.41, 5.74) is 3.72. The van der Waals surface area contributed by atoms with E-state index in [9.17, 15) is 14.4 Å². The monoisotopic (exact) mass is 495 g/mol. The zero-order valence-electron chi connectivity index (χ0n) is 23.1. The van der Waals surface area contributed by atoms with Gasteiger partial charge in [0.1, 0.15) is 17.7 Å². The summed E-state index contributed by atoms with van der Waals surface area (Å²) in [5, 5.41) is 5.74. The minimum Gasteiger partial charge on any atom is -0.444 e. The van der Waals surface area contributed by atoms with E-state index in [-0.39, 0.29) is 17.7 Å². The highest BCUT2D eigenvalue weighted by atomic mass is 16.6. The van der Waals surface area contributed by atoms with Crippen molar-refractivity contribution < 1.29 is 19.1 Å². The molecule has 0 aliphatic heterocycles. The van der Waals surface area contributed by atoms with Crippen molar-refractivity contribution >= 4 is 23.6 Å². The molecule has 2 unspecified atom stereocenters. The summed E-state index contributed by atoms with van der Waals surface area (Å²) in [6.07, 6.45) is 0.190. The number of alkyl carbamates (subject to hydrolysis) is 1. The van der Waals surface area contributed by atoms with E-state index in [0.717, 1.165) is 28.8 Å². The van der Waals surface area contributed by atoms with Crippen molar-refractivity contribution in [3.8, 4) is 0 Å². The van der Waals surface area contributed by atoms with E-state index in [1.54, 1.807) is 27.8 Å². The molecule has 196 valence electrons. The SMILES string of the molecule is CCc1ccc(C(C(=O)Nc2c(C)cccc2C)N(C)C(=O)C(NC(=O)OC(C)(C)C)C(C)C)cc1. The number of carbonyl (C=O) groups is 3. The Bertz CT molecular complexity index is 1050. The van der Waals surface area contributed by atoms with Gasteiger partial charge in [-0.1, -0.05) is 63.2 Å². The van der Waals surface area contributed by atoms with Crippen molar-refractivity contribution in [1.82, 2.24) is 10.2 Å². The van der Waals surface area contributed by atoms with E-state index >= 15 is 0 Å². The Morgan fingerprint density at radius 1 is 0.972 bits per heavy atom. The third-order valence-electron chi connectivity index (χ3n) is 6.02. The van der Waals surface area contributed by atoms with Gasteiger partial charge >= 0.3 is 6.09 Å². The van der Waals surface area contributed by atoms with E-state index in [1.165, 1.54) is 4.90 Å². The highest BCUT2D eigenvalue weighted by Crippen LogP contribution is 2.27. The summed E-state index contributed by atoms with van der Waals surface area (Å²) < 4.78 is 5.37. The van der Waals surface area contributed by atoms with Crippen LogP contribution in [0.5, 0.6) is 0 Å². The fourth-order valence-corrected chi connectivity index (χ4v) is 3.98. The van der Waals surface area contributed by atoms with Gasteiger partial charge in [0.25, 0.3) is 5.91 Å². The number of hydrogen-bond acceptors (Lipinski definition) is 4. The second kappa shape index (κ2) is 12.1. The van der Waals surface area contributed by atoms with Gasteiger partial charge < -0.3 is 20.3 Å². The average molecular weight is 496 g/mol. The number of anilines is 1. The van der Waals surface area contributed by atoms with Crippen LogP contribution in [0.25, 0.3) is 0 Å². The van der Waals surface area contributed by atoms with Crippen molar-refractivity contribution in [2.75, 3.05) is 12.4 Å². The summed E-state index contributed by atoms with van der Waals surface area (Å²) in [7, 11) is 1.59. The Morgan fingerprint density at radius 2 is 1.53 bits per heavy atom. The number of hydrogen-bond donors (Lipinski definition) is 2. The fraction of sp³-hybridized carbons (Fsp3) is 0.483. The van der Waals surface area contributed by atoms with Gasteiger partial charge in [0.05, 0.1) is 0 Å². The fourth-order valence-electron chi connectivity index (χ4n) is 3.98. The first-order valence-electron chi connectivity index (χ1n) is 12.5. The zero-order valence-corrected chi connectivity index (χ0v) is 23.1. The number of carbonyl (C=O) groups excluding carboxylic acids is 3. The topological polar surface area (TPSA) is 87.7 Å². The minimum absolute atomic E-state index is 0.225. The van der Waals surface area contributed by atoms with Crippen LogP contribution in [0.15, 0.2) is 42.5 Å². The highest BCUT2D eigenvalue weighted by Gasteiger charge is 2.35. The second-order valence-electron chi connectivity index (χ2n) is 10.6. The van der Waals surface area contributed by atoms with Crippen molar-refractivity contribution in [2.45, 2.75) is 79.5 Å². The third-order valence-corrected chi connectivity index (χ3v) is 6.02. The first-order valence-corrected chi connectivity index (χ1v) is 12.5. The van der Waals surface area contributed by atoms with Gasteiger partial charge in [-0.3, -0.25) is 9.59 Å². The molecule has 0 saturated heterocycles. The smallest absolute Gasteiger partial charge is 0.408 e. The first kappa shape index (κ1) is 28.9. The van der Waals surface area contributed by atoms with Gasteiger partial charge in [-0.15, -0.1) is 0 Å². The number of rotatable bonds is 8. The van der Waals surface area contributed by atoms with Gasteiger partial charge in [0.2, 0.25) is 5.91 Å². The van der Waals surface area contributed by atoms with Crippen molar-refractivity contribution in [2.24, 2.45) is 5.92 Å². The molecule has 2 aromatic carbocycles. The Balaban J connectivity index is 2.42. The molecule has 7 nitrogen and oxygen atoms in total. The normalized spacial score (nSPS) is 13.1. The number of benzene rings is 2. The Morgan fingerprint density at radius 3 is 2.00 bits per heavy atom. The van der Waals surface area contributed by atoms with Gasteiger partial charge in [-0.05, 0) is 69.2 Å². The number of likely N-dealkylation sites (N-methyl/N-ethyl adjacent to an activating group) is 1. The molecule has 0 bridgehead atoms. The molecule has 2 aromatic rings. The lowest BCUT2D eigenvalue weighted by molar-refractivity contribution is -0.140. The molecule has 0 heterocycles. The van der Waals surface area contributed by atoms with Crippen LogP contribution in [0.1, 0.15) is 69.8 Å². The molecule has 2 N–H and O–H groups in total. The van der Waals surface area contributed by atoms with E-state index in [1.807, 2.05) is 70.2 Å². The average Bonchev–Trinajstić information content (AvgIpc) is 2.78. The zero-order chi connectivity index (χ0) is 27.2. The van der Waals surface area contributed by atoms with Crippen LogP contribution in [0, 0.1) is 19.8 Å². The maximum atomic E-state index is 13.7. The van der Waals surface area contributed by atoms with E-state index in [0.29, 0.717) is 5.56 Å². The van der Waals surface area contributed by atoms with Gasteiger partial charge in [-0.25, -0.2) is 4.79 Å². The molecule has 0 fully saturated rings. The summed E-state index contributed by atoms with van der Waals surface area (Å²) in [5.74, 6) is -0.929. The number of ether oxygens (including phenoxy) is 1. The summed E-state index contributed by atoms with van der Waals surface area (Å²) in [6.45, 7) is 14.9. The Hall–Kier alpha value is -3.35. The van der Waals surface area contributed by atoms with Crippen molar-refractivity contribution in [1.29, 1.82) is 0 Å². The number of para-hydroxylation sites is 1. The number of nitrogens with zero attached hydrogens (tertiary/aromatic N) is 1. The number of amides is 3. The van der Waals surface area contributed by atoms with Crippen LogP contribution in [-0.2, 0) is 20.7 Å². The van der Waals surface area contributed by atoms with Gasteiger partial charge in [0, 0.05) is 12.7 Å². The first-order chi connectivity index (χ1) is 16.7. The maximum Gasteiger partial charge on any atom is 0.408 e. The standard InChI is InChI=1S/C29H41N3O4/c1-10-21-14-16-22(17-15-21)25(26(33)30-24-19(4)12-11-13-20(24)5)32(9)27(34)23(18(2)3)31-28(35)36-29(6,7)8/h11-18,23,25H,10H2,1-9H3,(H,30,33)(H,31,35). The summed E-state index contributed by atoms with van der Waals surface area (Å²) in [4.78, 5) is 41.3. The lowest BCUT2D eigenvalue weighted by atomic mass is 9.98. The largest absolute Gasteiger partial charge is 0.444 e. The van der Waals surface area contributed by atoms with Gasteiger partial charge in [0.15, 0.2) is 0 Å². The molecule has 3 amide bonds. The highest BCUT2D eigenvalue weighted by molar-refractivity contribution is 5.99. The predicted molar refractivity (Wildman–Crippen MR) is 144 cm³/mol. The third kappa shape index (κ3) is 7.57. The van der Waals surface area contributed by atoms with Crippen LogP contribution in [0.4, 0.5) is 10.5 Å². The number of aryl methyl sites for hydroxylation is 3. The lowest BCUT2D eigenvalue weighted by Crippen LogP contribution is -2.53. The Kier molecular flexibility index (Phi) is 9.68. The molecule has 0 saturated carbocycles. The molecule has 0 spiro atoms. The molecule has 7 heteroatoms. The minimum atomic E-state index is -0.899. The Labute approximate surface area is 215 Å². The molecule has 0 aromatic heterocycles. The summed E-state index contributed by atoms with van der Waals surface area (Å²) >= 11 is 0. The molecule has 0 aliphatic carbocycles. The molecular formula is C29H41N3O4. The second-order valence-corrected chi connectivity index (χ2v) is 10.6. The molecule has 0 aliphatic rings. The molecule has 36 heavy (non-hydrogen) atoms. The van der Waals surface area contributed by atoms with Crippen LogP contribution >= 0.6 is 0 Å². The lowest BCUT2D eigenvalue weighted by Gasteiger charge is -2.33. The predicted octanol–water partition coefficient (Wildman–Crippen LogP) is 5.55. The maximum absolute atomic E-state index is 13.7. The van der Waals surface area contributed by atoms with Crippen molar-refractivity contribution in [3.05, 3.63) is 64.7 Å². The van der Waals surface area contributed by atoms with Gasteiger partial charge in [-0.2, -0.15) is 0 Å². The van der Waals surface area contributed by atoms with Crippen LogP contribution in [0.2, 0.25) is 0 Å². The van der Waals surface area contributed by atoms with E-state index in [4.69, 9.17) is 4.74 Å². The van der Waals surface area contributed by atoms with Crippen LogP contribution in [-0.4, -0.2) is 41.5 Å². The number of nitrogens with one attached hydrogen (secondary N) is 2.